The van der Waals surface area contributed by atoms with Gasteiger partial charge in [0, 0.05) is 17.0 Å². The molecule has 2 rings (SSSR count). The smallest absolute Gasteiger partial charge is 0.125 e. The second-order valence-corrected chi connectivity index (χ2v) is 8.33. The van der Waals surface area contributed by atoms with E-state index in [1.54, 1.807) is 0 Å². The summed E-state index contributed by atoms with van der Waals surface area (Å²) < 4.78 is 6.38. The van der Waals surface area contributed by atoms with Crippen LogP contribution in [0, 0.1) is 11.3 Å². The third-order valence-corrected chi connectivity index (χ3v) is 5.22. The predicted octanol–water partition coefficient (Wildman–Crippen LogP) is 4.85. The summed E-state index contributed by atoms with van der Waals surface area (Å²) in [5.41, 5.74) is 7.52. The molecule has 0 aromatic heterocycles. The minimum absolute atomic E-state index is 0.316. The molecule has 1 saturated carbocycles. The largest absolute Gasteiger partial charge is 0.490 e. The van der Waals surface area contributed by atoms with Crippen molar-refractivity contribution in [3.05, 3.63) is 23.8 Å². The summed E-state index contributed by atoms with van der Waals surface area (Å²) in [5, 5.41) is 0. The molecule has 0 aliphatic heterocycles. The van der Waals surface area contributed by atoms with Gasteiger partial charge in [0.05, 0.1) is 6.10 Å². The molecule has 2 nitrogen and oxygen atoms in total. The van der Waals surface area contributed by atoms with Crippen LogP contribution in [0.5, 0.6) is 5.75 Å². The van der Waals surface area contributed by atoms with Crippen molar-refractivity contribution in [3.63, 3.8) is 0 Å². The molecule has 1 fully saturated rings. The molecule has 2 N–H and O–H groups in total. The van der Waals surface area contributed by atoms with E-state index >= 15 is 0 Å². The zero-order valence-electron chi connectivity index (χ0n) is 13.8. The predicted molar refractivity (Wildman–Crippen MR) is 91.9 cm³/mol. The Morgan fingerprint density at radius 2 is 2.10 bits per heavy atom. The van der Waals surface area contributed by atoms with Crippen molar-refractivity contribution in [2.45, 2.75) is 64.5 Å². The van der Waals surface area contributed by atoms with Crippen LogP contribution >= 0.6 is 11.8 Å². The molecule has 21 heavy (non-hydrogen) atoms. The van der Waals surface area contributed by atoms with Crippen LogP contribution in [0.15, 0.2) is 23.1 Å². The highest BCUT2D eigenvalue weighted by Crippen LogP contribution is 2.41. The molecular weight excluding hydrogens is 278 g/mol. The van der Waals surface area contributed by atoms with Crippen LogP contribution in [-0.4, -0.2) is 11.9 Å². The molecule has 0 spiro atoms. The number of ether oxygens (including phenoxy) is 1. The standard InChI is InChI=1S/C18H29NOS/c1-5-21-17-8-6-7-16(15(17)12-19)20-14-9-13(2)10-18(3,4)11-14/h6-8,13-14H,5,9-12,19H2,1-4H3. The quantitative estimate of drug-likeness (QED) is 0.790. The molecular formula is C18H29NOS. The van der Waals surface area contributed by atoms with Gasteiger partial charge >= 0.3 is 0 Å². The average Bonchev–Trinajstić information content (AvgIpc) is 2.37. The SMILES string of the molecule is CCSc1cccc(OC2CC(C)CC(C)(C)C2)c1CN. The Morgan fingerprint density at radius 3 is 2.71 bits per heavy atom. The third kappa shape index (κ3) is 4.40. The molecule has 0 saturated heterocycles. The maximum absolute atomic E-state index is 6.38. The second kappa shape index (κ2) is 7.06. The van der Waals surface area contributed by atoms with Crippen LogP contribution < -0.4 is 10.5 Å². The summed E-state index contributed by atoms with van der Waals surface area (Å²) in [6, 6.07) is 6.31. The number of thioether (sulfide) groups is 1. The van der Waals surface area contributed by atoms with Gasteiger partial charge in [0.25, 0.3) is 0 Å². The Kier molecular flexibility index (Phi) is 5.61. The molecule has 1 aromatic carbocycles. The molecule has 1 aromatic rings. The summed E-state index contributed by atoms with van der Waals surface area (Å²) in [4.78, 5) is 1.26. The third-order valence-electron chi connectivity index (χ3n) is 4.23. The van der Waals surface area contributed by atoms with E-state index < -0.39 is 0 Å². The first kappa shape index (κ1) is 16.7. The Balaban J connectivity index is 2.17. The van der Waals surface area contributed by atoms with Gasteiger partial charge in [0.15, 0.2) is 0 Å². The van der Waals surface area contributed by atoms with E-state index in [0.717, 1.165) is 30.3 Å². The van der Waals surface area contributed by atoms with E-state index in [0.29, 0.717) is 18.1 Å². The first-order valence-electron chi connectivity index (χ1n) is 8.06. The normalized spacial score (nSPS) is 24.8. The monoisotopic (exact) mass is 307 g/mol. The fourth-order valence-corrected chi connectivity index (χ4v) is 4.52. The van der Waals surface area contributed by atoms with Crippen LogP contribution in [0.3, 0.4) is 0 Å². The number of hydrogen-bond donors (Lipinski definition) is 1. The van der Waals surface area contributed by atoms with Crippen LogP contribution in [-0.2, 0) is 6.54 Å². The number of hydrogen-bond acceptors (Lipinski definition) is 3. The van der Waals surface area contributed by atoms with Crippen molar-refractivity contribution in [1.82, 2.24) is 0 Å². The summed E-state index contributed by atoms with van der Waals surface area (Å²) in [6.07, 6.45) is 3.89. The Bertz CT molecular complexity index is 472. The summed E-state index contributed by atoms with van der Waals surface area (Å²) in [5.74, 6) is 2.78. The second-order valence-electron chi connectivity index (χ2n) is 7.02. The number of benzene rings is 1. The lowest BCUT2D eigenvalue weighted by molar-refractivity contribution is 0.0554. The molecule has 3 heteroatoms. The van der Waals surface area contributed by atoms with Crippen molar-refractivity contribution in [2.75, 3.05) is 5.75 Å². The van der Waals surface area contributed by atoms with Crippen LogP contribution in [0.25, 0.3) is 0 Å². The fourth-order valence-electron chi connectivity index (χ4n) is 3.68. The molecule has 0 amide bonds. The maximum Gasteiger partial charge on any atom is 0.125 e. The molecule has 118 valence electrons. The van der Waals surface area contributed by atoms with Gasteiger partial charge in [-0.05, 0) is 48.5 Å². The Morgan fingerprint density at radius 1 is 1.33 bits per heavy atom. The molecule has 2 atom stereocenters. The zero-order chi connectivity index (χ0) is 15.5. The van der Waals surface area contributed by atoms with Gasteiger partial charge in [-0.3, -0.25) is 0 Å². The van der Waals surface area contributed by atoms with Crippen molar-refractivity contribution < 1.29 is 4.74 Å². The van der Waals surface area contributed by atoms with Crippen LogP contribution in [0.1, 0.15) is 52.5 Å². The lowest BCUT2D eigenvalue weighted by atomic mass is 9.71. The van der Waals surface area contributed by atoms with Gasteiger partial charge in [0.2, 0.25) is 0 Å². The van der Waals surface area contributed by atoms with Crippen molar-refractivity contribution in [3.8, 4) is 5.75 Å². The maximum atomic E-state index is 6.38. The first-order chi connectivity index (χ1) is 9.95. The lowest BCUT2D eigenvalue weighted by Crippen LogP contribution is -2.34. The van der Waals surface area contributed by atoms with E-state index in [1.807, 2.05) is 11.8 Å². The molecule has 1 aliphatic carbocycles. The van der Waals surface area contributed by atoms with Gasteiger partial charge in [-0.1, -0.05) is 33.8 Å². The summed E-state index contributed by atoms with van der Waals surface area (Å²) in [6.45, 7) is 9.76. The highest BCUT2D eigenvalue weighted by molar-refractivity contribution is 7.99. The Labute approximate surface area is 133 Å². The highest BCUT2D eigenvalue weighted by atomic mass is 32.2. The van der Waals surface area contributed by atoms with E-state index in [2.05, 4.69) is 45.9 Å². The van der Waals surface area contributed by atoms with E-state index in [1.165, 1.54) is 16.9 Å². The van der Waals surface area contributed by atoms with Crippen LogP contribution in [0.4, 0.5) is 0 Å². The van der Waals surface area contributed by atoms with Gasteiger partial charge in [-0.2, -0.15) is 0 Å². The molecule has 0 radical (unpaired) electrons. The fraction of sp³-hybridized carbons (Fsp3) is 0.667. The molecule has 1 aliphatic rings. The van der Waals surface area contributed by atoms with E-state index in [4.69, 9.17) is 10.5 Å². The topological polar surface area (TPSA) is 35.2 Å². The average molecular weight is 308 g/mol. The minimum Gasteiger partial charge on any atom is -0.490 e. The van der Waals surface area contributed by atoms with Gasteiger partial charge in [-0.15, -0.1) is 11.8 Å². The van der Waals surface area contributed by atoms with Crippen molar-refractivity contribution in [2.24, 2.45) is 17.1 Å². The first-order valence-corrected chi connectivity index (χ1v) is 9.05. The van der Waals surface area contributed by atoms with Gasteiger partial charge in [0.1, 0.15) is 5.75 Å². The number of rotatable bonds is 5. The molecule has 0 bridgehead atoms. The van der Waals surface area contributed by atoms with Crippen molar-refractivity contribution >= 4 is 11.8 Å². The van der Waals surface area contributed by atoms with E-state index in [-0.39, 0.29) is 0 Å². The number of nitrogens with two attached hydrogens (primary N) is 1. The van der Waals surface area contributed by atoms with Gasteiger partial charge < -0.3 is 10.5 Å². The lowest BCUT2D eigenvalue weighted by Gasteiger charge is -2.39. The van der Waals surface area contributed by atoms with E-state index in [9.17, 15) is 0 Å². The molecule has 2 unspecified atom stereocenters. The zero-order valence-corrected chi connectivity index (χ0v) is 14.6. The highest BCUT2D eigenvalue weighted by Gasteiger charge is 2.33. The Hall–Kier alpha value is -0.670. The minimum atomic E-state index is 0.316. The van der Waals surface area contributed by atoms with Gasteiger partial charge in [-0.25, -0.2) is 0 Å². The van der Waals surface area contributed by atoms with Crippen LogP contribution in [0.2, 0.25) is 0 Å². The summed E-state index contributed by atoms with van der Waals surface area (Å²) >= 11 is 1.84. The molecule has 0 heterocycles. The van der Waals surface area contributed by atoms with Crippen molar-refractivity contribution in [1.29, 1.82) is 0 Å². The summed E-state index contributed by atoms with van der Waals surface area (Å²) in [7, 11) is 0.